The first kappa shape index (κ1) is 15.0. The average Bonchev–Trinajstić information content (AvgIpc) is 2.34. The maximum absolute atomic E-state index is 3.50. The molecule has 0 unspecified atom stereocenters. The second kappa shape index (κ2) is 6.85. The highest BCUT2D eigenvalue weighted by Gasteiger charge is 1.99. The Bertz CT molecular complexity index is 553. The molecule has 0 radical (unpaired) electrons. The quantitative estimate of drug-likeness (QED) is 0.274. The third-order valence-corrected chi connectivity index (χ3v) is 5.31. The largest absolute Gasteiger partial charge is 0.0532 e. The molecule has 92 valence electrons. The molecule has 0 atom stereocenters. The van der Waals surface area contributed by atoms with Crippen molar-refractivity contribution in [2.45, 2.75) is 0 Å². The van der Waals surface area contributed by atoms with Gasteiger partial charge in [0.2, 0.25) is 0 Å². The zero-order valence-electron chi connectivity index (χ0n) is 9.13. The SMILES string of the molecule is Brc1ccc(I)c(/C=C\c2cc(Br)ccc2I)c1. The Hall–Kier alpha value is 0.600. The van der Waals surface area contributed by atoms with E-state index in [1.165, 1.54) is 18.3 Å². The van der Waals surface area contributed by atoms with Crippen LogP contribution in [0, 0.1) is 7.14 Å². The van der Waals surface area contributed by atoms with Gasteiger partial charge in [-0.3, -0.25) is 0 Å². The fourth-order valence-corrected chi connectivity index (χ4v) is 3.25. The molecule has 0 nitrogen and oxygen atoms in total. The lowest BCUT2D eigenvalue weighted by Gasteiger charge is -2.02. The summed E-state index contributed by atoms with van der Waals surface area (Å²) in [5.41, 5.74) is 2.45. The van der Waals surface area contributed by atoms with Gasteiger partial charge in [0.05, 0.1) is 0 Å². The van der Waals surface area contributed by atoms with Gasteiger partial charge in [-0.25, -0.2) is 0 Å². The summed E-state index contributed by atoms with van der Waals surface area (Å²) in [7, 11) is 0. The number of hydrogen-bond donors (Lipinski definition) is 0. The third kappa shape index (κ3) is 4.05. The first-order chi connectivity index (χ1) is 8.56. The fourth-order valence-electron chi connectivity index (χ4n) is 1.46. The smallest absolute Gasteiger partial charge is 0.0203 e. The molecule has 0 amide bonds. The Morgan fingerprint density at radius 1 is 0.722 bits per heavy atom. The molecule has 2 aromatic carbocycles. The van der Waals surface area contributed by atoms with E-state index in [0.717, 1.165) is 8.95 Å². The summed E-state index contributed by atoms with van der Waals surface area (Å²) in [6.45, 7) is 0. The van der Waals surface area contributed by atoms with Crippen molar-refractivity contribution in [1.29, 1.82) is 0 Å². The van der Waals surface area contributed by atoms with E-state index in [4.69, 9.17) is 0 Å². The van der Waals surface area contributed by atoms with Crippen molar-refractivity contribution in [3.8, 4) is 0 Å². The average molecular weight is 590 g/mol. The van der Waals surface area contributed by atoms with Crippen LogP contribution in [0.15, 0.2) is 45.3 Å². The predicted octanol–water partition coefficient (Wildman–Crippen LogP) is 6.59. The van der Waals surface area contributed by atoms with Gasteiger partial charge in [0.15, 0.2) is 0 Å². The molecule has 0 saturated heterocycles. The fraction of sp³-hybridized carbons (Fsp3) is 0. The van der Waals surface area contributed by atoms with Crippen LogP contribution in [0.25, 0.3) is 12.2 Å². The van der Waals surface area contributed by atoms with Crippen LogP contribution < -0.4 is 0 Å². The molecule has 0 aliphatic rings. The minimum absolute atomic E-state index is 1.10. The summed E-state index contributed by atoms with van der Waals surface area (Å²) >= 11 is 11.7. The maximum Gasteiger partial charge on any atom is 0.0203 e. The van der Waals surface area contributed by atoms with E-state index in [9.17, 15) is 0 Å². The van der Waals surface area contributed by atoms with Crippen LogP contribution in [0.4, 0.5) is 0 Å². The number of halogens is 4. The van der Waals surface area contributed by atoms with E-state index in [-0.39, 0.29) is 0 Å². The van der Waals surface area contributed by atoms with Crippen LogP contribution in [-0.4, -0.2) is 0 Å². The monoisotopic (exact) mass is 588 g/mol. The van der Waals surface area contributed by atoms with Crippen LogP contribution in [0.1, 0.15) is 11.1 Å². The van der Waals surface area contributed by atoms with Gasteiger partial charge in [-0.1, -0.05) is 44.0 Å². The lowest BCUT2D eigenvalue weighted by atomic mass is 10.1. The first-order valence-electron chi connectivity index (χ1n) is 5.14. The standard InChI is InChI=1S/C14H8Br2I2/c15-11-3-5-13(17)9(7-11)1-2-10-8-12(16)4-6-14(10)18/h1-8H/b2-1-. The normalized spacial score (nSPS) is 11.1. The zero-order chi connectivity index (χ0) is 13.1. The Morgan fingerprint density at radius 2 is 1.11 bits per heavy atom. The third-order valence-electron chi connectivity index (χ3n) is 2.36. The minimum atomic E-state index is 1.10. The maximum atomic E-state index is 3.50. The molecule has 0 aliphatic heterocycles. The van der Waals surface area contributed by atoms with Crippen molar-refractivity contribution in [3.63, 3.8) is 0 Å². The molecule has 0 aromatic heterocycles. The molecule has 0 N–H and O–H groups in total. The van der Waals surface area contributed by atoms with Gasteiger partial charge < -0.3 is 0 Å². The number of rotatable bonds is 2. The van der Waals surface area contributed by atoms with E-state index in [1.807, 2.05) is 0 Å². The molecule has 2 rings (SSSR count). The van der Waals surface area contributed by atoms with Gasteiger partial charge >= 0.3 is 0 Å². The Labute approximate surface area is 151 Å². The number of benzene rings is 2. The first-order valence-corrected chi connectivity index (χ1v) is 8.89. The molecule has 2 aromatic rings. The van der Waals surface area contributed by atoms with Gasteiger partial charge in [0.1, 0.15) is 0 Å². The lowest BCUT2D eigenvalue weighted by Crippen LogP contribution is -1.82. The molecule has 0 heterocycles. The summed E-state index contributed by atoms with van der Waals surface area (Å²) < 4.78 is 4.70. The Balaban J connectivity index is 2.35. The lowest BCUT2D eigenvalue weighted by molar-refractivity contribution is 1.54. The van der Waals surface area contributed by atoms with Crippen LogP contribution in [0.3, 0.4) is 0 Å². The molecule has 0 fully saturated rings. The van der Waals surface area contributed by atoms with E-state index < -0.39 is 0 Å². The topological polar surface area (TPSA) is 0 Å². The van der Waals surface area contributed by atoms with Crippen LogP contribution >= 0.6 is 77.0 Å². The summed E-state index contributed by atoms with van der Waals surface area (Å²) in [5.74, 6) is 0. The van der Waals surface area contributed by atoms with Gasteiger partial charge in [-0.05, 0) is 92.7 Å². The number of hydrogen-bond acceptors (Lipinski definition) is 0. The summed E-state index contributed by atoms with van der Waals surface area (Å²) in [4.78, 5) is 0. The van der Waals surface area contributed by atoms with Gasteiger partial charge in [0.25, 0.3) is 0 Å². The molecule has 0 saturated carbocycles. The Morgan fingerprint density at radius 3 is 1.50 bits per heavy atom. The Kier molecular flexibility index (Phi) is 5.71. The second-order valence-corrected chi connectivity index (χ2v) is 7.82. The summed E-state index contributed by atoms with van der Waals surface area (Å²) in [6, 6.07) is 12.6. The highest BCUT2D eigenvalue weighted by molar-refractivity contribution is 14.1. The highest BCUT2D eigenvalue weighted by Crippen LogP contribution is 2.23. The van der Waals surface area contributed by atoms with E-state index in [0.29, 0.717) is 0 Å². The molecule has 18 heavy (non-hydrogen) atoms. The van der Waals surface area contributed by atoms with Crippen molar-refractivity contribution in [3.05, 3.63) is 63.6 Å². The van der Waals surface area contributed by atoms with Crippen LogP contribution in [-0.2, 0) is 0 Å². The summed E-state index contributed by atoms with van der Waals surface area (Å²) in [6.07, 6.45) is 4.30. The van der Waals surface area contributed by atoms with E-state index in [1.54, 1.807) is 0 Å². The highest BCUT2D eigenvalue weighted by atomic mass is 127. The molecule has 0 aliphatic carbocycles. The molecule has 4 heteroatoms. The van der Waals surface area contributed by atoms with E-state index in [2.05, 4.69) is 126 Å². The van der Waals surface area contributed by atoms with Crippen molar-refractivity contribution < 1.29 is 0 Å². The van der Waals surface area contributed by atoms with Gasteiger partial charge in [-0.15, -0.1) is 0 Å². The molecular formula is C14H8Br2I2. The minimum Gasteiger partial charge on any atom is -0.0532 e. The van der Waals surface area contributed by atoms with E-state index >= 15 is 0 Å². The van der Waals surface area contributed by atoms with Crippen LogP contribution in [0.5, 0.6) is 0 Å². The molecule has 0 bridgehead atoms. The summed E-state index contributed by atoms with van der Waals surface area (Å²) in [5, 5.41) is 0. The zero-order valence-corrected chi connectivity index (χ0v) is 16.6. The second-order valence-electron chi connectivity index (χ2n) is 3.67. The van der Waals surface area contributed by atoms with Crippen LogP contribution in [0.2, 0.25) is 0 Å². The van der Waals surface area contributed by atoms with Crippen molar-refractivity contribution in [2.24, 2.45) is 0 Å². The molecular weight excluding hydrogens is 582 g/mol. The predicted molar refractivity (Wildman–Crippen MR) is 103 cm³/mol. The van der Waals surface area contributed by atoms with Gasteiger partial charge in [0, 0.05) is 16.1 Å². The van der Waals surface area contributed by atoms with Crippen molar-refractivity contribution in [2.75, 3.05) is 0 Å². The van der Waals surface area contributed by atoms with Crippen molar-refractivity contribution >= 4 is 89.2 Å². The van der Waals surface area contributed by atoms with Crippen molar-refractivity contribution in [1.82, 2.24) is 0 Å². The molecule has 0 spiro atoms. The van der Waals surface area contributed by atoms with Gasteiger partial charge in [-0.2, -0.15) is 0 Å².